The van der Waals surface area contributed by atoms with Crippen LogP contribution in [-0.4, -0.2) is 50.4 Å². The molecule has 0 aromatic heterocycles. The van der Waals surface area contributed by atoms with E-state index in [1.54, 1.807) is 6.07 Å². The number of nitrogens with one attached hydrogen (secondary N) is 1. The Balaban J connectivity index is 2.23. The third-order valence-electron chi connectivity index (χ3n) is 2.53. The Morgan fingerprint density at radius 1 is 1.26 bits per heavy atom. The number of nitrogens with zero attached hydrogens (tertiary/aromatic N) is 1. The van der Waals surface area contributed by atoms with Crippen LogP contribution in [0.5, 0.6) is 5.75 Å². The molecule has 1 aromatic carbocycles. The van der Waals surface area contributed by atoms with E-state index in [0.717, 1.165) is 6.54 Å². The van der Waals surface area contributed by atoms with Gasteiger partial charge in [-0.1, -0.05) is 23.2 Å². The first-order valence-corrected chi connectivity index (χ1v) is 6.86. The largest absolute Gasteiger partial charge is 0.506 e. The van der Waals surface area contributed by atoms with Crippen LogP contribution in [0.4, 0.5) is 0 Å². The topological polar surface area (TPSA) is 44.7 Å². The minimum atomic E-state index is 0.0760. The van der Waals surface area contributed by atoms with Gasteiger partial charge in [0.1, 0.15) is 5.75 Å². The summed E-state index contributed by atoms with van der Waals surface area (Å²) in [4.78, 5) is 2.07. The Bertz CT molecular complexity index is 400. The van der Waals surface area contributed by atoms with Crippen LogP contribution in [0.15, 0.2) is 12.1 Å². The summed E-state index contributed by atoms with van der Waals surface area (Å²) in [5, 5.41) is 13.7. The molecular formula is C13H20Cl2N2O2. The van der Waals surface area contributed by atoms with E-state index in [9.17, 15) is 5.11 Å². The van der Waals surface area contributed by atoms with Crippen LogP contribution < -0.4 is 5.32 Å². The fraction of sp³-hybridized carbons (Fsp3) is 0.538. The predicted octanol–water partition coefficient (Wildman–Crippen LogP) is 2.37. The van der Waals surface area contributed by atoms with Crippen molar-refractivity contribution in [3.05, 3.63) is 27.7 Å². The standard InChI is InChI=1S/C13H20Cl2N2O2/c1-17(2)4-6-19-5-3-16-9-10-7-11(14)8-12(15)13(10)18/h7-8,16,18H,3-6,9H2,1-2H3. The summed E-state index contributed by atoms with van der Waals surface area (Å²) in [6.07, 6.45) is 0. The van der Waals surface area contributed by atoms with E-state index >= 15 is 0 Å². The third kappa shape index (κ3) is 6.45. The van der Waals surface area contributed by atoms with Gasteiger partial charge < -0.3 is 20.1 Å². The molecular weight excluding hydrogens is 287 g/mol. The molecule has 0 unspecified atom stereocenters. The van der Waals surface area contributed by atoms with Crippen molar-refractivity contribution in [2.75, 3.05) is 40.4 Å². The van der Waals surface area contributed by atoms with E-state index in [-0.39, 0.29) is 10.8 Å². The first-order valence-electron chi connectivity index (χ1n) is 6.10. The summed E-state index contributed by atoms with van der Waals surface area (Å²) in [7, 11) is 4.01. The fourth-order valence-electron chi connectivity index (χ4n) is 1.47. The van der Waals surface area contributed by atoms with Gasteiger partial charge in [0.2, 0.25) is 0 Å². The SMILES string of the molecule is CN(C)CCOCCNCc1cc(Cl)cc(Cl)c1O. The van der Waals surface area contributed by atoms with Gasteiger partial charge in [-0.05, 0) is 26.2 Å². The second-order valence-corrected chi connectivity index (χ2v) is 5.33. The maximum atomic E-state index is 9.76. The van der Waals surface area contributed by atoms with Crippen LogP contribution in [0.3, 0.4) is 0 Å². The molecule has 0 fully saturated rings. The molecule has 0 bridgehead atoms. The Labute approximate surface area is 124 Å². The van der Waals surface area contributed by atoms with Crippen LogP contribution in [0.2, 0.25) is 10.0 Å². The number of hydrogen-bond acceptors (Lipinski definition) is 4. The molecule has 0 heterocycles. The average molecular weight is 307 g/mol. The number of halogens is 2. The van der Waals surface area contributed by atoms with Gasteiger partial charge in [0.05, 0.1) is 18.2 Å². The molecule has 0 aliphatic heterocycles. The number of phenols is 1. The number of hydrogen-bond donors (Lipinski definition) is 2. The van der Waals surface area contributed by atoms with Crippen LogP contribution in [0, 0.1) is 0 Å². The number of phenolic OH excluding ortho intramolecular Hbond substituents is 1. The zero-order chi connectivity index (χ0) is 14.3. The minimum Gasteiger partial charge on any atom is -0.506 e. The number of ether oxygens (including phenoxy) is 1. The molecule has 0 saturated carbocycles. The van der Waals surface area contributed by atoms with Crippen molar-refractivity contribution in [3.8, 4) is 5.75 Å². The monoisotopic (exact) mass is 306 g/mol. The highest BCUT2D eigenvalue weighted by Gasteiger charge is 2.07. The van der Waals surface area contributed by atoms with Gasteiger partial charge >= 0.3 is 0 Å². The van der Waals surface area contributed by atoms with Crippen molar-refractivity contribution < 1.29 is 9.84 Å². The van der Waals surface area contributed by atoms with Crippen molar-refractivity contribution in [2.45, 2.75) is 6.54 Å². The zero-order valence-corrected chi connectivity index (χ0v) is 12.8. The number of aromatic hydroxyl groups is 1. The highest BCUT2D eigenvalue weighted by Crippen LogP contribution is 2.30. The lowest BCUT2D eigenvalue weighted by Crippen LogP contribution is -2.23. The van der Waals surface area contributed by atoms with E-state index in [1.807, 2.05) is 14.1 Å². The van der Waals surface area contributed by atoms with E-state index < -0.39 is 0 Å². The van der Waals surface area contributed by atoms with Crippen LogP contribution >= 0.6 is 23.2 Å². The molecule has 2 N–H and O–H groups in total. The molecule has 4 nitrogen and oxygen atoms in total. The molecule has 1 aromatic rings. The lowest BCUT2D eigenvalue weighted by atomic mass is 10.2. The van der Waals surface area contributed by atoms with Crippen molar-refractivity contribution in [2.24, 2.45) is 0 Å². The third-order valence-corrected chi connectivity index (χ3v) is 3.03. The number of rotatable bonds is 8. The van der Waals surface area contributed by atoms with Gasteiger partial charge in [-0.2, -0.15) is 0 Å². The normalized spacial score (nSPS) is 11.2. The predicted molar refractivity (Wildman–Crippen MR) is 79.2 cm³/mol. The zero-order valence-electron chi connectivity index (χ0n) is 11.2. The van der Waals surface area contributed by atoms with Gasteiger partial charge in [0.25, 0.3) is 0 Å². The van der Waals surface area contributed by atoms with Gasteiger partial charge in [-0.15, -0.1) is 0 Å². The molecule has 19 heavy (non-hydrogen) atoms. The van der Waals surface area contributed by atoms with Crippen molar-refractivity contribution in [1.29, 1.82) is 0 Å². The molecule has 0 saturated heterocycles. The first kappa shape index (κ1) is 16.5. The molecule has 0 atom stereocenters. The highest BCUT2D eigenvalue weighted by molar-refractivity contribution is 6.35. The Hall–Kier alpha value is -0.520. The van der Waals surface area contributed by atoms with Gasteiger partial charge in [0.15, 0.2) is 0 Å². The summed E-state index contributed by atoms with van der Waals surface area (Å²) < 4.78 is 5.44. The summed E-state index contributed by atoms with van der Waals surface area (Å²) >= 11 is 11.7. The molecule has 0 spiro atoms. The first-order chi connectivity index (χ1) is 9.00. The van der Waals surface area contributed by atoms with Crippen molar-refractivity contribution in [1.82, 2.24) is 10.2 Å². The van der Waals surface area contributed by atoms with E-state index in [0.29, 0.717) is 36.9 Å². The van der Waals surface area contributed by atoms with Crippen LogP contribution in [0.1, 0.15) is 5.56 Å². The van der Waals surface area contributed by atoms with E-state index in [1.165, 1.54) is 6.07 Å². The van der Waals surface area contributed by atoms with Crippen molar-refractivity contribution >= 4 is 23.2 Å². The Morgan fingerprint density at radius 3 is 2.68 bits per heavy atom. The molecule has 6 heteroatoms. The minimum absolute atomic E-state index is 0.0760. The lowest BCUT2D eigenvalue weighted by Gasteiger charge is -2.11. The maximum absolute atomic E-state index is 9.76. The summed E-state index contributed by atoms with van der Waals surface area (Å²) in [6.45, 7) is 3.46. The van der Waals surface area contributed by atoms with Crippen LogP contribution in [0.25, 0.3) is 0 Å². The summed E-state index contributed by atoms with van der Waals surface area (Å²) in [6, 6.07) is 3.22. The summed E-state index contributed by atoms with van der Waals surface area (Å²) in [5.74, 6) is 0.0760. The molecule has 1 rings (SSSR count). The Kier molecular flexibility index (Phi) is 7.49. The smallest absolute Gasteiger partial charge is 0.138 e. The van der Waals surface area contributed by atoms with E-state index in [2.05, 4.69) is 10.2 Å². The molecule has 0 radical (unpaired) electrons. The van der Waals surface area contributed by atoms with E-state index in [4.69, 9.17) is 27.9 Å². The quantitative estimate of drug-likeness (QED) is 0.724. The maximum Gasteiger partial charge on any atom is 0.138 e. The van der Waals surface area contributed by atoms with Crippen LogP contribution in [-0.2, 0) is 11.3 Å². The second kappa shape index (κ2) is 8.61. The average Bonchev–Trinajstić information content (AvgIpc) is 2.33. The molecule has 0 aliphatic carbocycles. The fourth-order valence-corrected chi connectivity index (χ4v) is 2.01. The molecule has 108 valence electrons. The highest BCUT2D eigenvalue weighted by atomic mass is 35.5. The lowest BCUT2D eigenvalue weighted by molar-refractivity contribution is 0.119. The Morgan fingerprint density at radius 2 is 2.00 bits per heavy atom. The van der Waals surface area contributed by atoms with Gasteiger partial charge in [-0.3, -0.25) is 0 Å². The second-order valence-electron chi connectivity index (χ2n) is 4.49. The molecule has 0 amide bonds. The number of benzene rings is 1. The van der Waals surface area contributed by atoms with Crippen molar-refractivity contribution in [3.63, 3.8) is 0 Å². The number of likely N-dealkylation sites (N-methyl/N-ethyl adjacent to an activating group) is 1. The van der Waals surface area contributed by atoms with Gasteiger partial charge in [0, 0.05) is 30.2 Å². The van der Waals surface area contributed by atoms with Gasteiger partial charge in [-0.25, -0.2) is 0 Å². The molecule has 0 aliphatic rings. The summed E-state index contributed by atoms with van der Waals surface area (Å²) in [5.41, 5.74) is 0.686.